The Hall–Kier alpha value is -0.870. The second-order valence-electron chi connectivity index (χ2n) is 6.19. The molecule has 3 unspecified atom stereocenters. The van der Waals surface area contributed by atoms with Gasteiger partial charge in [0.1, 0.15) is 17.8 Å². The minimum atomic E-state index is -3.79. The van der Waals surface area contributed by atoms with E-state index in [1.807, 2.05) is 0 Å². The number of H-pyrrole nitrogens is 1. The van der Waals surface area contributed by atoms with Crippen LogP contribution in [0.1, 0.15) is 27.0 Å². The van der Waals surface area contributed by atoms with Crippen LogP contribution in [0.4, 0.5) is 0 Å². The highest BCUT2D eigenvalue weighted by Gasteiger charge is 2.60. The van der Waals surface area contributed by atoms with Crippen molar-refractivity contribution in [2.24, 2.45) is 0 Å². The number of hydrogen-bond donors (Lipinski definition) is 2. The minimum Gasteiger partial charge on any atom is -0.383 e. The van der Waals surface area contributed by atoms with Gasteiger partial charge in [0.15, 0.2) is 11.0 Å². The molecule has 0 aromatic carbocycles. The van der Waals surface area contributed by atoms with Gasteiger partial charge in [0.2, 0.25) is 0 Å². The van der Waals surface area contributed by atoms with E-state index in [1.54, 1.807) is 13.8 Å². The van der Waals surface area contributed by atoms with Gasteiger partial charge in [-0.2, -0.15) is 0 Å². The number of aromatic nitrogens is 2. The molecule has 0 radical (unpaired) electrons. The van der Waals surface area contributed by atoms with E-state index >= 15 is 0 Å². The van der Waals surface area contributed by atoms with Crippen LogP contribution in [-0.2, 0) is 22.9 Å². The molecular weight excluding hydrogens is 359 g/mol. The molecule has 24 heavy (non-hydrogen) atoms. The van der Waals surface area contributed by atoms with E-state index in [-0.39, 0.29) is 23.0 Å². The first-order chi connectivity index (χ1) is 11.1. The van der Waals surface area contributed by atoms with Crippen LogP contribution in [-0.4, -0.2) is 45.2 Å². The minimum absolute atomic E-state index is 0.0575. The summed E-state index contributed by atoms with van der Waals surface area (Å²) >= 11 is 5.11. The van der Waals surface area contributed by atoms with Crippen LogP contribution in [0, 0.1) is 4.77 Å². The molecule has 2 aliphatic rings. The van der Waals surface area contributed by atoms with Gasteiger partial charge in [0, 0.05) is 12.3 Å². The summed E-state index contributed by atoms with van der Waals surface area (Å²) in [5, 5.41) is 10.9. The van der Waals surface area contributed by atoms with E-state index in [4.69, 9.17) is 30.5 Å². The normalized spacial score (nSPS) is 39.1. The van der Waals surface area contributed by atoms with Gasteiger partial charge in [0.25, 0.3) is 5.56 Å². The number of phosphoric ester groups is 1. The van der Waals surface area contributed by atoms with Crippen LogP contribution in [0.2, 0.25) is 0 Å². The second-order valence-corrected chi connectivity index (χ2v) is 8.15. The Labute approximate surface area is 143 Å². The van der Waals surface area contributed by atoms with Gasteiger partial charge in [-0.05, 0) is 33.0 Å². The molecule has 2 aliphatic heterocycles. The average molecular weight is 378 g/mol. The SMILES string of the molecule is CC(C)OP1(=O)OC[C@H]2O[C@@H](n3ccc(=O)[nH]c3=S)C(C)(O)C2O1. The second kappa shape index (κ2) is 6.14. The first kappa shape index (κ1) is 17.9. The molecule has 0 bridgehead atoms. The standard InChI is InChI=1S/C13H19N2O7PS/c1-7(2)21-23(18)19-6-8-10(22-23)13(3,17)11(20-8)15-5-4-9(16)14-12(15)24/h4-5,7-8,10-11,17H,6H2,1-3H3,(H,14,16,24)/t8-,10?,11-,13?,23?/m1/s1. The molecule has 9 nitrogen and oxygen atoms in total. The Morgan fingerprint density at radius 1 is 1.58 bits per heavy atom. The third-order valence-corrected chi connectivity index (χ3v) is 5.74. The number of aliphatic hydroxyl groups is 1. The number of nitrogens with zero attached hydrogens (tertiary/aromatic N) is 1. The summed E-state index contributed by atoms with van der Waals surface area (Å²) in [5.74, 6) is 0. The predicted octanol–water partition coefficient (Wildman–Crippen LogP) is 1.50. The van der Waals surface area contributed by atoms with Gasteiger partial charge in [-0.15, -0.1) is 0 Å². The quantitative estimate of drug-likeness (QED) is 0.601. The summed E-state index contributed by atoms with van der Waals surface area (Å²) in [6, 6.07) is 1.27. The molecule has 11 heteroatoms. The number of hydrogen-bond acceptors (Lipinski definition) is 8. The summed E-state index contributed by atoms with van der Waals surface area (Å²) < 4.78 is 35.7. The van der Waals surface area contributed by atoms with Crippen molar-refractivity contribution in [3.05, 3.63) is 27.4 Å². The van der Waals surface area contributed by atoms with Gasteiger partial charge in [-0.3, -0.25) is 27.9 Å². The van der Waals surface area contributed by atoms with Crippen LogP contribution in [0.25, 0.3) is 0 Å². The molecule has 134 valence electrons. The van der Waals surface area contributed by atoms with Gasteiger partial charge in [-0.25, -0.2) is 4.57 Å². The summed E-state index contributed by atoms with van der Waals surface area (Å²) in [6.07, 6.45) is -1.48. The number of ether oxygens (including phenoxy) is 1. The van der Waals surface area contributed by atoms with Crippen LogP contribution in [0.5, 0.6) is 0 Å². The molecule has 0 spiro atoms. The number of rotatable bonds is 3. The van der Waals surface area contributed by atoms with Crippen LogP contribution >= 0.6 is 20.0 Å². The first-order valence-corrected chi connectivity index (χ1v) is 9.30. The fourth-order valence-electron chi connectivity index (χ4n) is 2.80. The van der Waals surface area contributed by atoms with E-state index in [1.165, 1.54) is 23.8 Å². The Morgan fingerprint density at radius 3 is 2.92 bits per heavy atom. The molecule has 0 amide bonds. The first-order valence-electron chi connectivity index (χ1n) is 7.43. The topological polar surface area (TPSA) is 112 Å². The van der Waals surface area contributed by atoms with E-state index in [0.717, 1.165) is 0 Å². The largest absolute Gasteiger partial charge is 0.475 e. The lowest BCUT2D eigenvalue weighted by Gasteiger charge is -2.35. The van der Waals surface area contributed by atoms with Crippen molar-refractivity contribution in [3.8, 4) is 0 Å². The molecule has 3 heterocycles. The average Bonchev–Trinajstić information content (AvgIpc) is 2.69. The van der Waals surface area contributed by atoms with Crippen molar-refractivity contribution in [1.82, 2.24) is 9.55 Å². The molecule has 2 fully saturated rings. The van der Waals surface area contributed by atoms with Gasteiger partial charge >= 0.3 is 7.82 Å². The molecule has 2 N–H and O–H groups in total. The number of nitrogens with one attached hydrogen (secondary N) is 1. The van der Waals surface area contributed by atoms with Crippen molar-refractivity contribution in [3.63, 3.8) is 0 Å². The fraction of sp³-hybridized carbons (Fsp3) is 0.692. The fourth-order valence-corrected chi connectivity index (χ4v) is 4.70. The molecule has 0 saturated carbocycles. The van der Waals surface area contributed by atoms with Gasteiger partial charge < -0.3 is 9.84 Å². The van der Waals surface area contributed by atoms with Crippen LogP contribution < -0.4 is 5.56 Å². The van der Waals surface area contributed by atoms with E-state index in [2.05, 4.69) is 4.98 Å². The highest BCUT2D eigenvalue weighted by atomic mass is 32.1. The summed E-state index contributed by atoms with van der Waals surface area (Å²) in [4.78, 5) is 13.8. The number of aromatic amines is 1. The Bertz CT molecular complexity index is 789. The highest BCUT2D eigenvalue weighted by molar-refractivity contribution is 7.71. The molecule has 1 aromatic rings. The smallest absolute Gasteiger partial charge is 0.383 e. The maximum Gasteiger partial charge on any atom is 0.475 e. The van der Waals surface area contributed by atoms with Crippen molar-refractivity contribution in [2.45, 2.75) is 50.9 Å². The maximum atomic E-state index is 12.5. The lowest BCUT2D eigenvalue weighted by Crippen LogP contribution is -2.48. The Kier molecular flexibility index (Phi) is 4.59. The van der Waals surface area contributed by atoms with Crippen molar-refractivity contribution >= 4 is 20.0 Å². The van der Waals surface area contributed by atoms with Gasteiger partial charge in [0.05, 0.1) is 12.7 Å². The Balaban J connectivity index is 1.91. The van der Waals surface area contributed by atoms with Crippen molar-refractivity contribution in [2.75, 3.05) is 6.61 Å². The van der Waals surface area contributed by atoms with Crippen molar-refractivity contribution in [1.29, 1.82) is 0 Å². The lowest BCUT2D eigenvalue weighted by molar-refractivity contribution is -0.0939. The Morgan fingerprint density at radius 2 is 2.29 bits per heavy atom. The summed E-state index contributed by atoms with van der Waals surface area (Å²) in [6.45, 7) is 4.83. The summed E-state index contributed by atoms with van der Waals surface area (Å²) in [5.41, 5.74) is -1.93. The van der Waals surface area contributed by atoms with E-state index < -0.39 is 31.9 Å². The van der Waals surface area contributed by atoms with E-state index in [9.17, 15) is 14.5 Å². The molecule has 3 rings (SSSR count). The zero-order valence-corrected chi connectivity index (χ0v) is 15.1. The van der Waals surface area contributed by atoms with Crippen LogP contribution in [0.3, 0.4) is 0 Å². The zero-order valence-electron chi connectivity index (χ0n) is 13.4. The van der Waals surface area contributed by atoms with Gasteiger partial charge in [-0.1, -0.05) is 0 Å². The molecule has 0 aliphatic carbocycles. The summed E-state index contributed by atoms with van der Waals surface area (Å²) in [7, 11) is -3.79. The monoisotopic (exact) mass is 378 g/mol. The molecular formula is C13H19N2O7PS. The molecule has 1 aromatic heterocycles. The third kappa shape index (κ3) is 3.15. The van der Waals surface area contributed by atoms with Crippen molar-refractivity contribution < 1.29 is 28.0 Å². The number of fused-ring (bicyclic) bond motifs is 1. The third-order valence-electron chi connectivity index (χ3n) is 3.80. The van der Waals surface area contributed by atoms with Crippen LogP contribution in [0.15, 0.2) is 17.1 Å². The maximum absolute atomic E-state index is 12.5. The van der Waals surface area contributed by atoms with E-state index in [0.29, 0.717) is 0 Å². The predicted molar refractivity (Wildman–Crippen MR) is 85.1 cm³/mol. The zero-order chi connectivity index (χ0) is 17.7. The lowest BCUT2D eigenvalue weighted by atomic mass is 9.96. The molecule has 2 saturated heterocycles. The highest BCUT2D eigenvalue weighted by Crippen LogP contribution is 2.59. The molecule has 5 atom stereocenters. The number of phosphoric acid groups is 1.